The van der Waals surface area contributed by atoms with E-state index in [1.165, 1.54) is 12.7 Å². The first-order valence-electron chi connectivity index (χ1n) is 4.10. The molecule has 0 atom stereocenters. The maximum absolute atomic E-state index is 4.20. The molecule has 68 valence electrons. The Hall–Kier alpha value is -1.52. The Bertz CT molecular complexity index is 425. The number of hydrogen-bond acceptors (Lipinski definition) is 4. The Labute approximate surface area is 75.9 Å². The third-order valence-corrected chi connectivity index (χ3v) is 1.75. The number of nitrogens with zero attached hydrogens (tertiary/aromatic N) is 5. The molecule has 0 unspecified atom stereocenters. The van der Waals surface area contributed by atoms with E-state index in [9.17, 15) is 0 Å². The highest BCUT2D eigenvalue weighted by molar-refractivity contribution is 5.25. The zero-order valence-corrected chi connectivity index (χ0v) is 7.89. The Morgan fingerprint density at radius 1 is 1.08 bits per heavy atom. The molecule has 5 nitrogen and oxygen atoms in total. The van der Waals surface area contributed by atoms with E-state index in [1.54, 1.807) is 4.52 Å². The minimum Gasteiger partial charge on any atom is -0.221 e. The second-order valence-corrected chi connectivity index (χ2v) is 3.92. The quantitative estimate of drug-likeness (QED) is 0.597. The average Bonchev–Trinajstić information content (AvgIpc) is 2.48. The zero-order valence-electron chi connectivity index (χ0n) is 7.89. The smallest absolute Gasteiger partial charge is 0.221 e. The van der Waals surface area contributed by atoms with Crippen LogP contribution >= 0.6 is 0 Å². The van der Waals surface area contributed by atoms with Crippen molar-refractivity contribution in [3.05, 3.63) is 18.5 Å². The maximum atomic E-state index is 4.20. The van der Waals surface area contributed by atoms with Gasteiger partial charge in [-0.1, -0.05) is 20.8 Å². The fraction of sp³-hybridized carbons (Fsp3) is 0.500. The topological polar surface area (TPSA) is 56.0 Å². The molecular weight excluding hydrogens is 166 g/mol. The van der Waals surface area contributed by atoms with Gasteiger partial charge in [0.15, 0.2) is 0 Å². The highest BCUT2D eigenvalue weighted by atomic mass is 15.3. The van der Waals surface area contributed by atoms with Crippen LogP contribution in [0.15, 0.2) is 12.7 Å². The summed E-state index contributed by atoms with van der Waals surface area (Å²) < 4.78 is 1.67. The minimum absolute atomic E-state index is 0.0467. The van der Waals surface area contributed by atoms with Crippen molar-refractivity contribution in [3.8, 4) is 0 Å². The highest BCUT2D eigenvalue weighted by Gasteiger charge is 2.19. The van der Waals surface area contributed by atoms with Gasteiger partial charge in [0.2, 0.25) is 0 Å². The number of fused-ring (bicyclic) bond motifs is 1. The lowest BCUT2D eigenvalue weighted by atomic mass is 9.96. The summed E-state index contributed by atoms with van der Waals surface area (Å²) in [5, 5.41) is 4.07. The van der Waals surface area contributed by atoms with E-state index >= 15 is 0 Å². The first-order valence-corrected chi connectivity index (χ1v) is 4.10. The van der Waals surface area contributed by atoms with Crippen LogP contribution in [-0.2, 0) is 5.41 Å². The van der Waals surface area contributed by atoms with Crippen molar-refractivity contribution in [2.75, 3.05) is 0 Å². The fourth-order valence-electron chi connectivity index (χ4n) is 1.17. The molecule has 0 amide bonds. The third kappa shape index (κ3) is 1.26. The summed E-state index contributed by atoms with van der Waals surface area (Å²) in [5.74, 6) is 1.47. The molecule has 2 aromatic rings. The van der Waals surface area contributed by atoms with Crippen LogP contribution in [0.2, 0.25) is 0 Å². The molecule has 0 aromatic carbocycles. The summed E-state index contributed by atoms with van der Waals surface area (Å²) in [6.45, 7) is 6.24. The zero-order chi connectivity index (χ0) is 9.47. The highest BCUT2D eigenvalue weighted by Crippen LogP contribution is 2.18. The fourth-order valence-corrected chi connectivity index (χ4v) is 1.17. The maximum Gasteiger partial charge on any atom is 0.255 e. The molecular formula is C8H11N5. The van der Waals surface area contributed by atoms with Gasteiger partial charge in [-0.2, -0.15) is 19.6 Å². The van der Waals surface area contributed by atoms with Crippen molar-refractivity contribution in [1.29, 1.82) is 0 Å². The van der Waals surface area contributed by atoms with Crippen molar-refractivity contribution < 1.29 is 0 Å². The normalized spacial score (nSPS) is 12.2. The molecule has 0 N–H and O–H groups in total. The Morgan fingerprint density at radius 3 is 2.46 bits per heavy atom. The summed E-state index contributed by atoms with van der Waals surface area (Å²) in [6, 6.07) is 0. The van der Waals surface area contributed by atoms with E-state index < -0.39 is 0 Å². The van der Waals surface area contributed by atoms with Gasteiger partial charge in [0.1, 0.15) is 18.5 Å². The van der Waals surface area contributed by atoms with Crippen molar-refractivity contribution in [1.82, 2.24) is 24.6 Å². The SMILES string of the molecule is CC(C)(C)c1ncnc2ncnn12. The van der Waals surface area contributed by atoms with Gasteiger partial charge in [-0.25, -0.2) is 4.98 Å². The summed E-state index contributed by atoms with van der Waals surface area (Å²) in [5.41, 5.74) is -0.0467. The van der Waals surface area contributed by atoms with Crippen molar-refractivity contribution in [2.45, 2.75) is 26.2 Å². The average molecular weight is 177 g/mol. The number of aromatic nitrogens is 5. The molecule has 13 heavy (non-hydrogen) atoms. The van der Waals surface area contributed by atoms with Gasteiger partial charge in [0.25, 0.3) is 5.78 Å². The Kier molecular flexibility index (Phi) is 1.55. The molecule has 0 aliphatic carbocycles. The number of hydrogen-bond donors (Lipinski definition) is 0. The molecule has 0 fully saturated rings. The molecule has 5 heteroatoms. The van der Waals surface area contributed by atoms with Crippen LogP contribution in [0, 0.1) is 0 Å². The molecule has 0 saturated heterocycles. The minimum atomic E-state index is -0.0467. The Balaban J connectivity index is 2.75. The predicted octanol–water partition coefficient (Wildman–Crippen LogP) is 0.817. The van der Waals surface area contributed by atoms with Gasteiger partial charge in [0.05, 0.1) is 0 Å². The molecule has 2 aromatic heterocycles. The van der Waals surface area contributed by atoms with E-state index in [1.807, 2.05) is 0 Å². The van der Waals surface area contributed by atoms with Gasteiger partial charge in [-0.05, 0) is 0 Å². The van der Waals surface area contributed by atoms with E-state index in [0.717, 1.165) is 5.82 Å². The summed E-state index contributed by atoms with van der Waals surface area (Å²) >= 11 is 0. The van der Waals surface area contributed by atoms with Crippen LogP contribution < -0.4 is 0 Å². The monoisotopic (exact) mass is 177 g/mol. The van der Waals surface area contributed by atoms with Gasteiger partial charge >= 0.3 is 0 Å². The van der Waals surface area contributed by atoms with Gasteiger partial charge in [-0.3, -0.25) is 0 Å². The second kappa shape index (κ2) is 2.48. The van der Waals surface area contributed by atoms with Gasteiger partial charge in [-0.15, -0.1) is 0 Å². The first-order chi connectivity index (χ1) is 6.09. The molecule has 0 aliphatic rings. The van der Waals surface area contributed by atoms with Gasteiger partial charge < -0.3 is 0 Å². The summed E-state index contributed by atoms with van der Waals surface area (Å²) in [7, 11) is 0. The van der Waals surface area contributed by atoms with Crippen LogP contribution in [0.3, 0.4) is 0 Å². The van der Waals surface area contributed by atoms with Crippen LogP contribution in [0.4, 0.5) is 0 Å². The van der Waals surface area contributed by atoms with E-state index in [4.69, 9.17) is 0 Å². The van der Waals surface area contributed by atoms with Crippen LogP contribution in [-0.4, -0.2) is 24.6 Å². The summed E-state index contributed by atoms with van der Waals surface area (Å²) in [6.07, 6.45) is 3.00. The first kappa shape index (κ1) is 8.10. The third-order valence-electron chi connectivity index (χ3n) is 1.75. The molecule has 0 spiro atoms. The number of rotatable bonds is 0. The van der Waals surface area contributed by atoms with E-state index in [0.29, 0.717) is 5.78 Å². The second-order valence-electron chi connectivity index (χ2n) is 3.92. The molecule has 2 rings (SSSR count). The van der Waals surface area contributed by atoms with Crippen LogP contribution in [0.5, 0.6) is 0 Å². The lowest BCUT2D eigenvalue weighted by molar-refractivity contribution is 0.520. The van der Waals surface area contributed by atoms with E-state index in [-0.39, 0.29) is 5.41 Å². The predicted molar refractivity (Wildman–Crippen MR) is 47.3 cm³/mol. The van der Waals surface area contributed by atoms with Crippen LogP contribution in [0.25, 0.3) is 5.78 Å². The molecule has 0 saturated carbocycles. The lowest BCUT2D eigenvalue weighted by Crippen LogP contribution is -2.19. The lowest BCUT2D eigenvalue weighted by Gasteiger charge is -2.16. The van der Waals surface area contributed by atoms with Crippen molar-refractivity contribution in [3.63, 3.8) is 0 Å². The standard InChI is InChI=1S/C8H11N5/c1-8(2,3)6-9-4-10-7-11-5-12-13(6)7/h4-5H,1-3H3. The largest absolute Gasteiger partial charge is 0.255 e. The van der Waals surface area contributed by atoms with Crippen molar-refractivity contribution in [2.24, 2.45) is 0 Å². The Morgan fingerprint density at radius 2 is 1.77 bits per heavy atom. The van der Waals surface area contributed by atoms with E-state index in [2.05, 4.69) is 40.8 Å². The summed E-state index contributed by atoms with van der Waals surface area (Å²) in [4.78, 5) is 12.2. The van der Waals surface area contributed by atoms with Crippen LogP contribution in [0.1, 0.15) is 26.6 Å². The van der Waals surface area contributed by atoms with Crippen molar-refractivity contribution >= 4 is 5.78 Å². The van der Waals surface area contributed by atoms with Gasteiger partial charge in [0, 0.05) is 5.41 Å². The molecule has 0 radical (unpaired) electrons. The molecule has 0 bridgehead atoms. The molecule has 2 heterocycles. The molecule has 0 aliphatic heterocycles.